The zero-order valence-electron chi connectivity index (χ0n) is 8.23. The number of nitrogens with zero attached hydrogens (tertiary/aromatic N) is 3. The molecule has 0 spiro atoms. The molecule has 5 nitrogen and oxygen atoms in total. The monoisotopic (exact) mass is 241 g/mol. The number of nitrogens with two attached hydrogens (primary N) is 1. The second kappa shape index (κ2) is 4.54. The van der Waals surface area contributed by atoms with Crippen molar-refractivity contribution in [2.45, 2.75) is 13.3 Å². The summed E-state index contributed by atoms with van der Waals surface area (Å²) < 4.78 is 3.88. The van der Waals surface area contributed by atoms with Crippen molar-refractivity contribution in [1.82, 2.24) is 14.3 Å². The zero-order valence-corrected chi connectivity index (χ0v) is 9.86. The van der Waals surface area contributed by atoms with E-state index in [1.165, 1.54) is 11.5 Å². The van der Waals surface area contributed by atoms with E-state index >= 15 is 0 Å². The van der Waals surface area contributed by atoms with E-state index in [1.54, 1.807) is 11.3 Å². The molecule has 7 heteroatoms. The third-order valence-corrected chi connectivity index (χ3v) is 3.27. The molecule has 0 radical (unpaired) electrons. The first-order valence-corrected chi connectivity index (χ1v) is 6.13. The van der Waals surface area contributed by atoms with E-state index in [-0.39, 0.29) is 0 Å². The SMILES string of the molecule is Cc1nc(CCNc2nc(N)ns2)cs1. The minimum Gasteiger partial charge on any atom is -0.367 e. The van der Waals surface area contributed by atoms with Crippen molar-refractivity contribution >= 4 is 33.9 Å². The lowest BCUT2D eigenvalue weighted by Crippen LogP contribution is -2.04. The van der Waals surface area contributed by atoms with Crippen molar-refractivity contribution in [3.63, 3.8) is 0 Å². The molecule has 0 amide bonds. The van der Waals surface area contributed by atoms with Gasteiger partial charge in [0, 0.05) is 29.9 Å². The molecule has 80 valence electrons. The third-order valence-electron chi connectivity index (χ3n) is 1.77. The number of aromatic nitrogens is 3. The number of nitrogens with one attached hydrogen (secondary N) is 1. The van der Waals surface area contributed by atoms with E-state index in [4.69, 9.17) is 5.73 Å². The topological polar surface area (TPSA) is 76.7 Å². The van der Waals surface area contributed by atoms with Crippen molar-refractivity contribution in [3.05, 3.63) is 16.1 Å². The number of hydrogen-bond acceptors (Lipinski definition) is 7. The smallest absolute Gasteiger partial charge is 0.233 e. The van der Waals surface area contributed by atoms with Crippen LogP contribution in [-0.4, -0.2) is 20.9 Å². The number of nitrogen functional groups attached to an aromatic ring is 1. The van der Waals surface area contributed by atoms with Gasteiger partial charge in [-0.3, -0.25) is 0 Å². The fourth-order valence-electron chi connectivity index (χ4n) is 1.13. The van der Waals surface area contributed by atoms with E-state index in [2.05, 4.69) is 25.0 Å². The lowest BCUT2D eigenvalue weighted by Gasteiger charge is -1.98. The third kappa shape index (κ3) is 2.87. The summed E-state index contributed by atoms with van der Waals surface area (Å²) in [6, 6.07) is 0. The van der Waals surface area contributed by atoms with Gasteiger partial charge in [0.05, 0.1) is 10.7 Å². The maximum absolute atomic E-state index is 5.40. The van der Waals surface area contributed by atoms with Crippen molar-refractivity contribution in [2.75, 3.05) is 17.6 Å². The van der Waals surface area contributed by atoms with Gasteiger partial charge in [0.15, 0.2) is 0 Å². The van der Waals surface area contributed by atoms with Crippen LogP contribution in [-0.2, 0) is 6.42 Å². The average Bonchev–Trinajstić information content (AvgIpc) is 2.76. The van der Waals surface area contributed by atoms with Gasteiger partial charge in [-0.1, -0.05) is 0 Å². The zero-order chi connectivity index (χ0) is 10.7. The molecule has 0 aliphatic heterocycles. The van der Waals surface area contributed by atoms with E-state index in [0.29, 0.717) is 5.95 Å². The van der Waals surface area contributed by atoms with E-state index in [9.17, 15) is 0 Å². The predicted molar refractivity (Wildman–Crippen MR) is 63.4 cm³/mol. The first-order valence-electron chi connectivity index (χ1n) is 4.48. The Morgan fingerprint density at radius 2 is 2.33 bits per heavy atom. The molecule has 0 aliphatic rings. The van der Waals surface area contributed by atoms with Crippen LogP contribution in [0, 0.1) is 6.92 Å². The Bertz CT molecular complexity index is 395. The average molecular weight is 241 g/mol. The maximum Gasteiger partial charge on any atom is 0.233 e. The Hall–Kier alpha value is -1.21. The highest BCUT2D eigenvalue weighted by atomic mass is 32.1. The van der Waals surface area contributed by atoms with E-state index in [1.807, 2.05) is 6.92 Å². The second-order valence-electron chi connectivity index (χ2n) is 2.99. The van der Waals surface area contributed by atoms with Crippen LogP contribution in [0.2, 0.25) is 0 Å². The second-order valence-corrected chi connectivity index (χ2v) is 4.81. The molecule has 15 heavy (non-hydrogen) atoms. The molecule has 2 aromatic rings. The van der Waals surface area contributed by atoms with Crippen LogP contribution in [0.25, 0.3) is 0 Å². The molecule has 2 heterocycles. The Balaban J connectivity index is 1.80. The number of anilines is 2. The molecular weight excluding hydrogens is 230 g/mol. The molecule has 0 aromatic carbocycles. The van der Waals surface area contributed by atoms with Crippen molar-refractivity contribution < 1.29 is 0 Å². The molecule has 0 fully saturated rings. The first kappa shape index (κ1) is 10.3. The number of rotatable bonds is 4. The fraction of sp³-hybridized carbons (Fsp3) is 0.375. The Kier molecular flexibility index (Phi) is 3.12. The summed E-state index contributed by atoms with van der Waals surface area (Å²) in [6.45, 7) is 2.81. The maximum atomic E-state index is 5.40. The fourth-order valence-corrected chi connectivity index (χ4v) is 2.30. The molecule has 0 saturated carbocycles. The van der Waals surface area contributed by atoms with Gasteiger partial charge < -0.3 is 11.1 Å². The van der Waals surface area contributed by atoms with Gasteiger partial charge in [-0.05, 0) is 6.92 Å². The van der Waals surface area contributed by atoms with Crippen LogP contribution in [0.3, 0.4) is 0 Å². The highest BCUT2D eigenvalue weighted by Crippen LogP contribution is 2.12. The van der Waals surface area contributed by atoms with Crippen molar-refractivity contribution in [2.24, 2.45) is 0 Å². The van der Waals surface area contributed by atoms with Gasteiger partial charge in [0.1, 0.15) is 0 Å². The molecule has 0 aliphatic carbocycles. The van der Waals surface area contributed by atoms with Gasteiger partial charge in [-0.15, -0.1) is 11.3 Å². The van der Waals surface area contributed by atoms with Crippen molar-refractivity contribution in [1.29, 1.82) is 0 Å². The minimum absolute atomic E-state index is 0.326. The van der Waals surface area contributed by atoms with Gasteiger partial charge in [0.2, 0.25) is 11.1 Å². The van der Waals surface area contributed by atoms with Crippen LogP contribution in [0.4, 0.5) is 11.1 Å². The van der Waals surface area contributed by atoms with Gasteiger partial charge >= 0.3 is 0 Å². The van der Waals surface area contributed by atoms with Crippen LogP contribution >= 0.6 is 22.9 Å². The molecule has 2 aromatic heterocycles. The van der Waals surface area contributed by atoms with Gasteiger partial charge in [-0.25, -0.2) is 4.98 Å². The molecule has 3 N–H and O–H groups in total. The minimum atomic E-state index is 0.326. The predicted octanol–water partition coefficient (Wildman–Crippen LogP) is 1.54. The standard InChI is InChI=1S/C8H11N5S2/c1-5-11-6(4-14-5)2-3-10-8-12-7(9)13-15-8/h4H,2-3H2,1H3,(H3,9,10,12,13). The first-order chi connectivity index (χ1) is 7.24. The summed E-state index contributed by atoms with van der Waals surface area (Å²) in [4.78, 5) is 8.37. The van der Waals surface area contributed by atoms with E-state index < -0.39 is 0 Å². The van der Waals surface area contributed by atoms with Crippen LogP contribution < -0.4 is 11.1 Å². The van der Waals surface area contributed by atoms with E-state index in [0.717, 1.165) is 28.8 Å². The Morgan fingerprint density at radius 3 is 2.93 bits per heavy atom. The quantitative estimate of drug-likeness (QED) is 0.849. The van der Waals surface area contributed by atoms with Crippen LogP contribution in [0.5, 0.6) is 0 Å². The molecule has 0 atom stereocenters. The largest absolute Gasteiger partial charge is 0.367 e. The summed E-state index contributed by atoms with van der Waals surface area (Å²) in [5.74, 6) is 0.326. The number of aryl methyl sites for hydroxylation is 1. The Morgan fingerprint density at radius 1 is 1.47 bits per heavy atom. The Labute approximate surface area is 95.6 Å². The molecule has 0 unspecified atom stereocenters. The highest BCUT2D eigenvalue weighted by molar-refractivity contribution is 7.10. The van der Waals surface area contributed by atoms with Crippen LogP contribution in [0.1, 0.15) is 10.7 Å². The normalized spacial score (nSPS) is 10.5. The van der Waals surface area contributed by atoms with Crippen molar-refractivity contribution in [3.8, 4) is 0 Å². The molecular formula is C8H11N5S2. The highest BCUT2D eigenvalue weighted by Gasteiger charge is 2.01. The molecule has 0 bridgehead atoms. The van der Waals surface area contributed by atoms with Gasteiger partial charge in [0.25, 0.3) is 0 Å². The summed E-state index contributed by atoms with van der Waals surface area (Å²) in [5, 5.41) is 7.09. The molecule has 0 saturated heterocycles. The molecule has 2 rings (SSSR count). The van der Waals surface area contributed by atoms with Crippen LogP contribution in [0.15, 0.2) is 5.38 Å². The lowest BCUT2D eigenvalue weighted by molar-refractivity contribution is 0.966. The summed E-state index contributed by atoms with van der Waals surface area (Å²) in [5.41, 5.74) is 6.52. The number of thiazole rings is 1. The lowest BCUT2D eigenvalue weighted by atomic mass is 10.3. The summed E-state index contributed by atoms with van der Waals surface area (Å²) >= 11 is 2.95. The summed E-state index contributed by atoms with van der Waals surface area (Å²) in [7, 11) is 0. The summed E-state index contributed by atoms with van der Waals surface area (Å²) in [6.07, 6.45) is 0.893. The van der Waals surface area contributed by atoms with Gasteiger partial charge in [-0.2, -0.15) is 9.36 Å². The number of hydrogen-bond donors (Lipinski definition) is 2.